The predicted octanol–water partition coefficient (Wildman–Crippen LogP) is 5.09. The lowest BCUT2D eigenvalue weighted by molar-refractivity contribution is -0.121. The van der Waals surface area contributed by atoms with Gasteiger partial charge in [0, 0.05) is 18.7 Å². The fourth-order valence-electron chi connectivity index (χ4n) is 4.36. The number of fused-ring (bicyclic) bond motifs is 1. The smallest absolute Gasteiger partial charge is 0.235 e. The van der Waals surface area contributed by atoms with Crippen LogP contribution < -0.4 is 20.1 Å². The van der Waals surface area contributed by atoms with Crippen molar-refractivity contribution >= 4 is 17.5 Å². The summed E-state index contributed by atoms with van der Waals surface area (Å²) in [6, 6.07) is 19.9. The third-order valence-corrected chi connectivity index (χ3v) is 6.68. The van der Waals surface area contributed by atoms with E-state index in [0.29, 0.717) is 18.7 Å². The van der Waals surface area contributed by atoms with E-state index in [1.165, 1.54) is 0 Å². The third kappa shape index (κ3) is 4.23. The zero-order valence-electron chi connectivity index (χ0n) is 19.4. The van der Waals surface area contributed by atoms with Crippen LogP contribution in [0.25, 0.3) is 11.1 Å². The molecule has 1 saturated carbocycles. The van der Waals surface area contributed by atoms with Gasteiger partial charge in [-0.1, -0.05) is 43.3 Å². The highest BCUT2D eigenvalue weighted by Gasteiger charge is 2.51. The Morgan fingerprint density at radius 3 is 2.44 bits per heavy atom. The summed E-state index contributed by atoms with van der Waals surface area (Å²) in [7, 11) is 0. The van der Waals surface area contributed by atoms with Crippen LogP contribution in [0.15, 0.2) is 60.7 Å². The van der Waals surface area contributed by atoms with Gasteiger partial charge in [-0.25, -0.2) is 0 Å². The number of nitrogens with one attached hydrogen (secondary N) is 2. The average Bonchev–Trinajstić information content (AvgIpc) is 3.54. The lowest BCUT2D eigenvalue weighted by atomic mass is 9.94. The van der Waals surface area contributed by atoms with Crippen LogP contribution in [0.4, 0.5) is 5.69 Å². The van der Waals surface area contributed by atoms with E-state index in [1.54, 1.807) is 0 Å². The van der Waals surface area contributed by atoms with E-state index in [0.717, 1.165) is 52.1 Å². The number of hydrogen-bond donors (Lipinski definition) is 2. The van der Waals surface area contributed by atoms with Gasteiger partial charge in [0.1, 0.15) is 0 Å². The quantitative estimate of drug-likeness (QED) is 0.519. The van der Waals surface area contributed by atoms with Crippen molar-refractivity contribution < 1.29 is 19.1 Å². The van der Waals surface area contributed by atoms with Gasteiger partial charge in [0.25, 0.3) is 0 Å². The summed E-state index contributed by atoms with van der Waals surface area (Å²) in [6.45, 7) is 4.64. The lowest BCUT2D eigenvalue weighted by Crippen LogP contribution is -2.27. The summed E-state index contributed by atoms with van der Waals surface area (Å²) in [5, 5.41) is 6.04. The van der Waals surface area contributed by atoms with Crippen LogP contribution in [-0.4, -0.2) is 18.6 Å². The van der Waals surface area contributed by atoms with E-state index < -0.39 is 5.41 Å². The first-order valence-corrected chi connectivity index (χ1v) is 11.7. The van der Waals surface area contributed by atoms with Gasteiger partial charge < -0.3 is 20.1 Å². The van der Waals surface area contributed by atoms with Crippen molar-refractivity contribution in [1.29, 1.82) is 0 Å². The first-order chi connectivity index (χ1) is 16.5. The zero-order valence-corrected chi connectivity index (χ0v) is 19.4. The van der Waals surface area contributed by atoms with Crippen LogP contribution in [0, 0.1) is 6.92 Å². The molecular weight excluding hydrogens is 428 g/mol. The van der Waals surface area contributed by atoms with E-state index in [1.807, 2.05) is 55.5 Å². The van der Waals surface area contributed by atoms with Gasteiger partial charge >= 0.3 is 0 Å². The molecule has 2 amide bonds. The topological polar surface area (TPSA) is 76.7 Å². The van der Waals surface area contributed by atoms with E-state index in [4.69, 9.17) is 9.47 Å². The number of benzene rings is 3. The second kappa shape index (κ2) is 8.86. The highest BCUT2D eigenvalue weighted by atomic mass is 16.7. The first-order valence-electron chi connectivity index (χ1n) is 11.7. The van der Waals surface area contributed by atoms with Crippen molar-refractivity contribution in [3.63, 3.8) is 0 Å². The average molecular weight is 457 g/mol. The Labute approximate surface area is 199 Å². The van der Waals surface area contributed by atoms with Gasteiger partial charge in [-0.3, -0.25) is 9.59 Å². The highest BCUT2D eigenvalue weighted by Crippen LogP contribution is 2.51. The molecule has 1 fully saturated rings. The molecule has 6 nitrogen and oxygen atoms in total. The molecule has 0 saturated heterocycles. The molecule has 6 heteroatoms. The molecule has 0 spiro atoms. The van der Waals surface area contributed by atoms with E-state index >= 15 is 0 Å². The predicted molar refractivity (Wildman–Crippen MR) is 131 cm³/mol. The lowest BCUT2D eigenvalue weighted by Gasteiger charge is -2.17. The summed E-state index contributed by atoms with van der Waals surface area (Å²) in [4.78, 5) is 24.8. The third-order valence-electron chi connectivity index (χ3n) is 6.68. The van der Waals surface area contributed by atoms with Crippen LogP contribution in [0.1, 0.15) is 42.9 Å². The molecule has 174 valence electrons. The Morgan fingerprint density at radius 2 is 1.71 bits per heavy atom. The molecular formula is C28H28N2O4. The molecule has 1 heterocycles. The molecule has 0 aromatic heterocycles. The second-order valence-corrected chi connectivity index (χ2v) is 8.96. The van der Waals surface area contributed by atoms with Crippen molar-refractivity contribution in [3.05, 3.63) is 77.4 Å². The number of rotatable bonds is 7. The van der Waals surface area contributed by atoms with Crippen LogP contribution in [-0.2, 0) is 21.5 Å². The van der Waals surface area contributed by atoms with Gasteiger partial charge in [0.15, 0.2) is 11.5 Å². The van der Waals surface area contributed by atoms with Crippen molar-refractivity contribution in [2.45, 2.75) is 45.1 Å². The Kier molecular flexibility index (Phi) is 5.74. The number of amides is 2. The minimum absolute atomic E-state index is 0.00295. The maximum Gasteiger partial charge on any atom is 0.235 e. The van der Waals surface area contributed by atoms with Gasteiger partial charge in [-0.2, -0.15) is 0 Å². The highest BCUT2D eigenvalue weighted by molar-refractivity contribution is 6.02. The number of aryl methyl sites for hydroxylation is 1. The van der Waals surface area contributed by atoms with Gasteiger partial charge in [-0.05, 0) is 71.8 Å². The standard InChI is InChI=1S/C28H28N2O4/c1-3-26(31)29-16-19-5-7-20(8-6-19)23-15-22(10-4-18(23)2)30-27(32)28(12-13-28)21-9-11-24-25(14-21)34-17-33-24/h4-11,14-15H,3,12-13,16-17H2,1-2H3,(H,29,31)(H,30,32). The number of anilines is 1. The molecule has 0 radical (unpaired) electrons. The summed E-state index contributed by atoms with van der Waals surface area (Å²) < 4.78 is 10.9. The van der Waals surface area contributed by atoms with E-state index in [2.05, 4.69) is 29.7 Å². The molecule has 34 heavy (non-hydrogen) atoms. The minimum Gasteiger partial charge on any atom is -0.454 e. The second-order valence-electron chi connectivity index (χ2n) is 8.96. The largest absolute Gasteiger partial charge is 0.454 e. The van der Waals surface area contributed by atoms with Crippen LogP contribution >= 0.6 is 0 Å². The first kappa shape index (κ1) is 22.0. The van der Waals surface area contributed by atoms with Crippen LogP contribution in [0.5, 0.6) is 11.5 Å². The van der Waals surface area contributed by atoms with Gasteiger partial charge in [-0.15, -0.1) is 0 Å². The maximum atomic E-state index is 13.3. The molecule has 0 bridgehead atoms. The number of ether oxygens (including phenoxy) is 2. The molecule has 3 aromatic rings. The number of carbonyl (C=O) groups excluding carboxylic acids is 2. The van der Waals surface area contributed by atoms with Crippen LogP contribution in [0.3, 0.4) is 0 Å². The summed E-state index contributed by atoms with van der Waals surface area (Å²) in [5.74, 6) is 1.47. The zero-order chi connectivity index (χ0) is 23.7. The normalized spacial score (nSPS) is 15.0. The van der Waals surface area contributed by atoms with E-state index in [-0.39, 0.29) is 18.6 Å². The fourth-order valence-corrected chi connectivity index (χ4v) is 4.36. The molecule has 1 aliphatic carbocycles. The molecule has 3 aromatic carbocycles. The Morgan fingerprint density at radius 1 is 0.941 bits per heavy atom. The molecule has 0 unspecified atom stereocenters. The van der Waals surface area contributed by atoms with Crippen molar-refractivity contribution in [3.8, 4) is 22.6 Å². The molecule has 0 atom stereocenters. The van der Waals surface area contributed by atoms with Crippen molar-refractivity contribution in [2.75, 3.05) is 12.1 Å². The van der Waals surface area contributed by atoms with Gasteiger partial charge in [0.2, 0.25) is 18.6 Å². The molecule has 2 N–H and O–H groups in total. The summed E-state index contributed by atoms with van der Waals surface area (Å²) in [5.41, 5.74) is 5.53. The minimum atomic E-state index is -0.517. The Balaban J connectivity index is 1.32. The fraction of sp³-hybridized carbons (Fsp3) is 0.286. The molecule has 1 aliphatic heterocycles. The van der Waals surface area contributed by atoms with Crippen LogP contribution in [0.2, 0.25) is 0 Å². The molecule has 5 rings (SSSR count). The summed E-state index contributed by atoms with van der Waals surface area (Å²) in [6.07, 6.45) is 2.10. The van der Waals surface area contributed by atoms with Gasteiger partial charge in [0.05, 0.1) is 5.41 Å². The SMILES string of the molecule is CCC(=O)NCc1ccc(-c2cc(NC(=O)C3(c4ccc5c(c4)OCO5)CC3)ccc2C)cc1. The van der Waals surface area contributed by atoms with Crippen molar-refractivity contribution in [2.24, 2.45) is 0 Å². The van der Waals surface area contributed by atoms with Crippen molar-refractivity contribution in [1.82, 2.24) is 5.32 Å². The maximum absolute atomic E-state index is 13.3. The number of hydrogen-bond acceptors (Lipinski definition) is 4. The summed E-state index contributed by atoms with van der Waals surface area (Å²) >= 11 is 0. The monoisotopic (exact) mass is 456 g/mol. The Hall–Kier alpha value is -3.80. The van der Waals surface area contributed by atoms with E-state index in [9.17, 15) is 9.59 Å². The molecule has 2 aliphatic rings. The number of carbonyl (C=O) groups is 2. The Bertz CT molecular complexity index is 1250.